The summed E-state index contributed by atoms with van der Waals surface area (Å²) in [6.07, 6.45) is 3.02. The first-order valence-corrected chi connectivity index (χ1v) is 7.05. The minimum absolute atomic E-state index is 0.109. The molecular formula is C12H12ClNO3S. The Morgan fingerprint density at radius 1 is 1.28 bits per heavy atom. The molecule has 1 aromatic carbocycles. The quantitative estimate of drug-likeness (QED) is 0.868. The topological polar surface area (TPSA) is 50.5 Å². The van der Waals surface area contributed by atoms with Crippen LogP contribution in [0.25, 0.3) is 0 Å². The molecule has 0 spiro atoms. The molecular weight excluding hydrogens is 274 g/mol. The fourth-order valence-corrected chi connectivity index (χ4v) is 3.19. The van der Waals surface area contributed by atoms with Gasteiger partial charge in [0, 0.05) is 19.2 Å². The summed E-state index contributed by atoms with van der Waals surface area (Å²) in [4.78, 5) is 0.109. The number of hydrogen-bond donors (Lipinski definition) is 0. The van der Waals surface area contributed by atoms with E-state index in [1.807, 2.05) is 0 Å². The van der Waals surface area contributed by atoms with Gasteiger partial charge in [0.05, 0.1) is 17.5 Å². The fraction of sp³-hybridized carbons (Fsp3) is 0.167. The van der Waals surface area contributed by atoms with E-state index in [9.17, 15) is 8.42 Å². The number of halogens is 1. The van der Waals surface area contributed by atoms with E-state index in [2.05, 4.69) is 0 Å². The Morgan fingerprint density at radius 2 is 2.00 bits per heavy atom. The van der Waals surface area contributed by atoms with Crippen LogP contribution < -0.4 is 0 Å². The summed E-state index contributed by atoms with van der Waals surface area (Å²) in [7, 11) is -2.08. The molecule has 0 aliphatic rings. The van der Waals surface area contributed by atoms with Crippen LogP contribution in [-0.4, -0.2) is 19.8 Å². The lowest BCUT2D eigenvalue weighted by atomic mass is 10.3. The van der Waals surface area contributed by atoms with Crippen LogP contribution in [0.2, 0.25) is 5.02 Å². The van der Waals surface area contributed by atoms with Crippen molar-refractivity contribution in [2.45, 2.75) is 11.4 Å². The Bertz CT molecular complexity index is 623. The van der Waals surface area contributed by atoms with Gasteiger partial charge in [0.15, 0.2) is 0 Å². The summed E-state index contributed by atoms with van der Waals surface area (Å²) in [5, 5.41) is 0.219. The minimum Gasteiger partial charge on any atom is -0.472 e. The maximum atomic E-state index is 12.3. The number of rotatable bonds is 4. The van der Waals surface area contributed by atoms with Gasteiger partial charge < -0.3 is 4.42 Å². The monoisotopic (exact) mass is 285 g/mol. The van der Waals surface area contributed by atoms with Crippen molar-refractivity contribution in [3.8, 4) is 0 Å². The molecule has 0 N–H and O–H groups in total. The maximum absolute atomic E-state index is 12.3. The highest BCUT2D eigenvalue weighted by atomic mass is 35.5. The van der Waals surface area contributed by atoms with Crippen LogP contribution in [0, 0.1) is 0 Å². The second-order valence-electron chi connectivity index (χ2n) is 3.82. The summed E-state index contributed by atoms with van der Waals surface area (Å²) in [5.41, 5.74) is 0.785. The van der Waals surface area contributed by atoms with Crippen molar-refractivity contribution in [1.82, 2.24) is 4.31 Å². The van der Waals surface area contributed by atoms with E-state index in [0.29, 0.717) is 0 Å². The second kappa shape index (κ2) is 5.14. The summed E-state index contributed by atoms with van der Waals surface area (Å²) in [6, 6.07) is 8.10. The second-order valence-corrected chi connectivity index (χ2v) is 6.24. The van der Waals surface area contributed by atoms with Gasteiger partial charge in [-0.25, -0.2) is 8.42 Å². The molecule has 2 rings (SSSR count). The van der Waals surface area contributed by atoms with Crippen LogP contribution in [0.1, 0.15) is 5.56 Å². The molecule has 0 unspecified atom stereocenters. The average molecular weight is 286 g/mol. The lowest BCUT2D eigenvalue weighted by Gasteiger charge is -2.17. The predicted octanol–water partition coefficient (Wildman–Crippen LogP) is 2.75. The molecule has 0 radical (unpaired) electrons. The van der Waals surface area contributed by atoms with Gasteiger partial charge in [0.25, 0.3) is 0 Å². The van der Waals surface area contributed by atoms with Gasteiger partial charge in [0.2, 0.25) is 10.0 Å². The highest BCUT2D eigenvalue weighted by molar-refractivity contribution is 7.89. The van der Waals surface area contributed by atoms with E-state index in [0.717, 1.165) is 5.56 Å². The maximum Gasteiger partial charge on any atom is 0.244 e. The first-order chi connectivity index (χ1) is 8.51. The van der Waals surface area contributed by atoms with Gasteiger partial charge in [-0.1, -0.05) is 23.7 Å². The van der Waals surface area contributed by atoms with Crippen molar-refractivity contribution >= 4 is 21.6 Å². The molecule has 0 atom stereocenters. The third kappa shape index (κ3) is 2.58. The molecule has 4 nitrogen and oxygen atoms in total. The molecule has 0 bridgehead atoms. The van der Waals surface area contributed by atoms with E-state index >= 15 is 0 Å². The first-order valence-electron chi connectivity index (χ1n) is 5.24. The van der Waals surface area contributed by atoms with Crippen molar-refractivity contribution in [2.24, 2.45) is 0 Å². The van der Waals surface area contributed by atoms with Crippen LogP contribution in [-0.2, 0) is 16.6 Å². The third-order valence-electron chi connectivity index (χ3n) is 2.51. The molecule has 96 valence electrons. The summed E-state index contributed by atoms with van der Waals surface area (Å²) in [5.74, 6) is 0. The normalized spacial score (nSPS) is 11.9. The number of benzene rings is 1. The van der Waals surface area contributed by atoms with Gasteiger partial charge in [-0.2, -0.15) is 4.31 Å². The Kier molecular flexibility index (Phi) is 3.75. The smallest absolute Gasteiger partial charge is 0.244 e. The zero-order valence-electron chi connectivity index (χ0n) is 9.71. The van der Waals surface area contributed by atoms with Gasteiger partial charge in [0.1, 0.15) is 4.90 Å². The average Bonchev–Trinajstić information content (AvgIpc) is 2.82. The largest absolute Gasteiger partial charge is 0.472 e. The molecule has 0 saturated carbocycles. The van der Waals surface area contributed by atoms with E-state index in [4.69, 9.17) is 16.0 Å². The Hall–Kier alpha value is -1.30. The van der Waals surface area contributed by atoms with Crippen molar-refractivity contribution in [2.75, 3.05) is 7.05 Å². The SMILES string of the molecule is CN(Cc1ccoc1)S(=O)(=O)c1ccccc1Cl. The number of furan rings is 1. The predicted molar refractivity (Wildman–Crippen MR) is 68.8 cm³/mol. The number of hydrogen-bond acceptors (Lipinski definition) is 3. The van der Waals surface area contributed by atoms with Crippen molar-refractivity contribution in [3.63, 3.8) is 0 Å². The number of sulfonamides is 1. The van der Waals surface area contributed by atoms with Crippen molar-refractivity contribution in [3.05, 3.63) is 53.4 Å². The third-order valence-corrected chi connectivity index (χ3v) is 4.81. The van der Waals surface area contributed by atoms with Gasteiger partial charge in [-0.15, -0.1) is 0 Å². The standard InChI is InChI=1S/C12H12ClNO3S/c1-14(8-10-6-7-17-9-10)18(15,16)12-5-3-2-4-11(12)13/h2-7,9H,8H2,1H3. The Morgan fingerprint density at radius 3 is 2.61 bits per heavy atom. The molecule has 2 aromatic rings. The molecule has 0 saturated heterocycles. The van der Waals surface area contributed by atoms with E-state index in [1.165, 1.54) is 29.9 Å². The van der Waals surface area contributed by atoms with Crippen LogP contribution >= 0.6 is 11.6 Å². The van der Waals surface area contributed by atoms with Crippen molar-refractivity contribution < 1.29 is 12.8 Å². The Labute approximate surface area is 111 Å². The zero-order chi connectivity index (χ0) is 13.2. The van der Waals surface area contributed by atoms with Crippen LogP contribution in [0.15, 0.2) is 52.2 Å². The van der Waals surface area contributed by atoms with Crippen LogP contribution in [0.4, 0.5) is 0 Å². The zero-order valence-corrected chi connectivity index (χ0v) is 11.3. The molecule has 6 heteroatoms. The number of nitrogens with zero attached hydrogens (tertiary/aromatic N) is 1. The summed E-state index contributed by atoms with van der Waals surface area (Å²) in [6.45, 7) is 0.240. The molecule has 0 aliphatic heterocycles. The molecule has 18 heavy (non-hydrogen) atoms. The minimum atomic E-state index is -3.59. The lowest BCUT2D eigenvalue weighted by Crippen LogP contribution is -2.26. The molecule has 0 amide bonds. The molecule has 0 fully saturated rings. The lowest BCUT2D eigenvalue weighted by molar-refractivity contribution is 0.463. The highest BCUT2D eigenvalue weighted by Gasteiger charge is 2.23. The van der Waals surface area contributed by atoms with Gasteiger partial charge in [-0.05, 0) is 18.2 Å². The first kappa shape index (κ1) is 13.1. The van der Waals surface area contributed by atoms with Crippen molar-refractivity contribution in [1.29, 1.82) is 0 Å². The Balaban J connectivity index is 2.29. The van der Waals surface area contributed by atoms with E-state index in [-0.39, 0.29) is 16.5 Å². The van der Waals surface area contributed by atoms with E-state index < -0.39 is 10.0 Å². The van der Waals surface area contributed by atoms with Crippen LogP contribution in [0.3, 0.4) is 0 Å². The summed E-state index contributed by atoms with van der Waals surface area (Å²) < 4.78 is 30.7. The highest BCUT2D eigenvalue weighted by Crippen LogP contribution is 2.24. The molecule has 0 aliphatic carbocycles. The fourth-order valence-electron chi connectivity index (χ4n) is 1.55. The molecule has 1 aromatic heterocycles. The summed E-state index contributed by atoms with van der Waals surface area (Å²) >= 11 is 5.91. The van der Waals surface area contributed by atoms with Gasteiger partial charge >= 0.3 is 0 Å². The van der Waals surface area contributed by atoms with Gasteiger partial charge in [-0.3, -0.25) is 0 Å². The molecule has 1 heterocycles. The van der Waals surface area contributed by atoms with Crippen LogP contribution in [0.5, 0.6) is 0 Å². The van der Waals surface area contributed by atoms with E-state index in [1.54, 1.807) is 24.3 Å².